The van der Waals surface area contributed by atoms with Gasteiger partial charge in [0.1, 0.15) is 11.0 Å². The van der Waals surface area contributed by atoms with Crippen LogP contribution in [0.25, 0.3) is 22.0 Å². The molecular formula is C25H23N3O3S. The molecule has 32 heavy (non-hydrogen) atoms. The van der Waals surface area contributed by atoms with E-state index in [1.54, 1.807) is 12.3 Å². The van der Waals surface area contributed by atoms with Gasteiger partial charge >= 0.3 is 0 Å². The zero-order valence-corrected chi connectivity index (χ0v) is 18.8. The minimum absolute atomic E-state index is 0.259. The monoisotopic (exact) mass is 445 g/mol. The molecule has 4 rings (SSSR count). The minimum Gasteiger partial charge on any atom is -0.365 e. The SMILES string of the molecule is Cc1ccc(-c2csc(NC(=O)C(C)n3c(=O)cc(C)c4ccccc43)c2C(N)=O)cc1. The first-order valence-electron chi connectivity index (χ1n) is 10.2. The van der Waals surface area contributed by atoms with E-state index in [9.17, 15) is 14.4 Å². The number of primary amides is 1. The summed E-state index contributed by atoms with van der Waals surface area (Å²) < 4.78 is 1.47. The number of nitrogens with two attached hydrogens (primary N) is 1. The largest absolute Gasteiger partial charge is 0.365 e. The molecule has 7 heteroatoms. The van der Waals surface area contributed by atoms with Gasteiger partial charge < -0.3 is 11.1 Å². The third-order valence-corrected chi connectivity index (χ3v) is 6.46. The third kappa shape index (κ3) is 3.83. The summed E-state index contributed by atoms with van der Waals surface area (Å²) in [6.45, 7) is 5.52. The van der Waals surface area contributed by atoms with Crippen molar-refractivity contribution in [2.45, 2.75) is 26.8 Å². The van der Waals surface area contributed by atoms with Crippen LogP contribution in [0, 0.1) is 13.8 Å². The molecule has 2 heterocycles. The Morgan fingerprint density at radius 3 is 2.44 bits per heavy atom. The maximum atomic E-state index is 13.1. The fourth-order valence-electron chi connectivity index (χ4n) is 3.84. The lowest BCUT2D eigenvalue weighted by atomic mass is 10.0. The molecule has 162 valence electrons. The van der Waals surface area contributed by atoms with Gasteiger partial charge in [-0.25, -0.2) is 0 Å². The van der Waals surface area contributed by atoms with E-state index in [-0.39, 0.29) is 11.1 Å². The second-order valence-corrected chi connectivity index (χ2v) is 8.68. The first-order chi connectivity index (χ1) is 15.3. The predicted molar refractivity (Wildman–Crippen MR) is 129 cm³/mol. The Balaban J connectivity index is 1.71. The first-order valence-corrected chi connectivity index (χ1v) is 11.1. The molecule has 0 aliphatic carbocycles. The number of aryl methyl sites for hydroxylation is 2. The highest BCUT2D eigenvalue weighted by atomic mass is 32.1. The molecule has 6 nitrogen and oxygen atoms in total. The second-order valence-electron chi connectivity index (χ2n) is 7.80. The molecule has 0 spiro atoms. The van der Waals surface area contributed by atoms with Crippen LogP contribution in [0.1, 0.15) is 34.5 Å². The number of hydrogen-bond donors (Lipinski definition) is 2. The van der Waals surface area contributed by atoms with Gasteiger partial charge in [0, 0.05) is 22.4 Å². The standard InChI is InChI=1S/C25H23N3O3S/c1-14-8-10-17(11-9-14)19-13-32-25(22(19)23(26)30)27-24(31)16(3)28-20-7-5-4-6-18(20)15(2)12-21(28)29/h4-13,16H,1-3H3,(H2,26,30)(H,27,31). The summed E-state index contributed by atoms with van der Waals surface area (Å²) in [5.74, 6) is -1.02. The van der Waals surface area contributed by atoms with Crippen LogP contribution < -0.4 is 16.6 Å². The molecule has 1 atom stereocenters. The van der Waals surface area contributed by atoms with Crippen molar-refractivity contribution in [3.63, 3.8) is 0 Å². The highest BCUT2D eigenvalue weighted by Gasteiger charge is 2.24. The van der Waals surface area contributed by atoms with Crippen molar-refractivity contribution in [2.24, 2.45) is 5.73 Å². The zero-order chi connectivity index (χ0) is 23.0. The van der Waals surface area contributed by atoms with Crippen molar-refractivity contribution in [3.8, 4) is 11.1 Å². The smallest absolute Gasteiger partial charge is 0.252 e. The number of carbonyl (C=O) groups is 2. The molecule has 3 N–H and O–H groups in total. The number of nitrogens with one attached hydrogen (secondary N) is 1. The van der Waals surface area contributed by atoms with Gasteiger partial charge in [0.15, 0.2) is 0 Å². The lowest BCUT2D eigenvalue weighted by Crippen LogP contribution is -2.32. The number of hydrogen-bond acceptors (Lipinski definition) is 4. The topological polar surface area (TPSA) is 94.2 Å². The van der Waals surface area contributed by atoms with E-state index in [2.05, 4.69) is 5.32 Å². The highest BCUT2D eigenvalue weighted by Crippen LogP contribution is 2.36. The van der Waals surface area contributed by atoms with E-state index >= 15 is 0 Å². The van der Waals surface area contributed by atoms with Gasteiger partial charge in [0.2, 0.25) is 5.91 Å². The van der Waals surface area contributed by atoms with Crippen LogP contribution in [0.15, 0.2) is 64.8 Å². The summed E-state index contributed by atoms with van der Waals surface area (Å²) in [4.78, 5) is 38.2. The van der Waals surface area contributed by atoms with Crippen molar-refractivity contribution >= 4 is 39.1 Å². The summed E-state index contributed by atoms with van der Waals surface area (Å²) in [7, 11) is 0. The van der Waals surface area contributed by atoms with Gasteiger partial charge in [0.25, 0.3) is 11.5 Å². The normalized spacial score (nSPS) is 12.0. The van der Waals surface area contributed by atoms with Crippen molar-refractivity contribution in [2.75, 3.05) is 5.32 Å². The van der Waals surface area contributed by atoms with Gasteiger partial charge in [-0.15, -0.1) is 11.3 Å². The molecule has 0 bridgehead atoms. The maximum Gasteiger partial charge on any atom is 0.252 e. The molecule has 0 saturated heterocycles. The Morgan fingerprint density at radius 1 is 1.06 bits per heavy atom. The van der Waals surface area contributed by atoms with Gasteiger partial charge in [0.05, 0.1) is 11.1 Å². The predicted octanol–water partition coefficient (Wildman–Crippen LogP) is 4.65. The number of aromatic nitrogens is 1. The lowest BCUT2D eigenvalue weighted by molar-refractivity contribution is -0.118. The maximum absolute atomic E-state index is 13.1. The van der Waals surface area contributed by atoms with Gasteiger partial charge in [-0.05, 0) is 38.0 Å². The Kier molecular flexibility index (Phi) is 5.67. The summed E-state index contributed by atoms with van der Waals surface area (Å²) >= 11 is 1.23. The molecular weight excluding hydrogens is 422 g/mol. The van der Waals surface area contributed by atoms with E-state index in [1.807, 2.05) is 62.4 Å². The van der Waals surface area contributed by atoms with Gasteiger partial charge in [-0.2, -0.15) is 0 Å². The Labute approximate surface area is 189 Å². The average molecular weight is 446 g/mol. The van der Waals surface area contributed by atoms with E-state index in [4.69, 9.17) is 5.73 Å². The Bertz CT molecular complexity index is 1400. The number of fused-ring (bicyclic) bond motifs is 1. The molecule has 0 saturated carbocycles. The molecule has 0 fully saturated rings. The Morgan fingerprint density at radius 2 is 1.75 bits per heavy atom. The molecule has 4 aromatic rings. The Hall–Kier alpha value is -3.71. The molecule has 2 aromatic heterocycles. The summed E-state index contributed by atoms with van der Waals surface area (Å²) in [5, 5.41) is 5.90. The quantitative estimate of drug-likeness (QED) is 0.468. The number of thiophene rings is 1. The molecule has 0 aliphatic heterocycles. The zero-order valence-electron chi connectivity index (χ0n) is 18.0. The summed E-state index contributed by atoms with van der Waals surface area (Å²) in [5.41, 5.74) is 9.82. The van der Waals surface area contributed by atoms with Crippen LogP contribution in [0.4, 0.5) is 5.00 Å². The lowest BCUT2D eigenvalue weighted by Gasteiger charge is -2.18. The second kappa shape index (κ2) is 8.43. The number of anilines is 1. The number of pyridine rings is 1. The molecule has 0 aliphatic rings. The van der Waals surface area contributed by atoms with E-state index < -0.39 is 17.9 Å². The van der Waals surface area contributed by atoms with Gasteiger partial charge in [-0.1, -0.05) is 48.0 Å². The van der Waals surface area contributed by atoms with E-state index in [0.717, 1.165) is 22.1 Å². The van der Waals surface area contributed by atoms with Gasteiger partial charge in [-0.3, -0.25) is 19.0 Å². The number of benzene rings is 2. The van der Waals surface area contributed by atoms with Crippen molar-refractivity contribution in [1.82, 2.24) is 4.57 Å². The molecule has 2 aromatic carbocycles. The van der Waals surface area contributed by atoms with Crippen LogP contribution in [0.3, 0.4) is 0 Å². The number of para-hydroxylation sites is 1. The molecule has 1 unspecified atom stereocenters. The summed E-state index contributed by atoms with van der Waals surface area (Å²) in [6.07, 6.45) is 0. The van der Waals surface area contributed by atoms with Crippen LogP contribution in [-0.4, -0.2) is 16.4 Å². The van der Waals surface area contributed by atoms with Crippen molar-refractivity contribution in [1.29, 1.82) is 0 Å². The number of rotatable bonds is 5. The minimum atomic E-state index is -0.793. The van der Waals surface area contributed by atoms with Crippen molar-refractivity contribution < 1.29 is 9.59 Å². The highest BCUT2D eigenvalue weighted by molar-refractivity contribution is 7.15. The van der Waals surface area contributed by atoms with Crippen LogP contribution in [-0.2, 0) is 4.79 Å². The fourth-order valence-corrected chi connectivity index (χ4v) is 4.82. The number of nitrogens with zero attached hydrogens (tertiary/aromatic N) is 1. The van der Waals surface area contributed by atoms with Crippen LogP contribution in [0.5, 0.6) is 0 Å². The summed E-state index contributed by atoms with van der Waals surface area (Å²) in [6, 6.07) is 15.9. The van der Waals surface area contributed by atoms with Crippen molar-refractivity contribution in [3.05, 3.63) is 87.0 Å². The molecule has 2 amide bonds. The van der Waals surface area contributed by atoms with E-state index in [1.165, 1.54) is 22.0 Å². The molecule has 0 radical (unpaired) electrons. The first kappa shape index (κ1) is 21.5. The van der Waals surface area contributed by atoms with Crippen LogP contribution in [0.2, 0.25) is 0 Å². The van der Waals surface area contributed by atoms with Crippen LogP contribution >= 0.6 is 11.3 Å². The third-order valence-electron chi connectivity index (χ3n) is 5.57. The van der Waals surface area contributed by atoms with E-state index in [0.29, 0.717) is 16.1 Å². The average Bonchev–Trinajstić information content (AvgIpc) is 3.18. The fraction of sp³-hybridized carbons (Fsp3) is 0.160. The number of amides is 2. The number of carbonyl (C=O) groups excluding carboxylic acids is 2.